The van der Waals surface area contributed by atoms with Gasteiger partial charge in [-0.05, 0) is 30.2 Å². The number of aryl methyl sites for hydroxylation is 1. The first kappa shape index (κ1) is 16.3. The summed E-state index contributed by atoms with van der Waals surface area (Å²) in [5, 5.41) is 13.4. The van der Waals surface area contributed by atoms with E-state index in [0.29, 0.717) is 17.0 Å². The van der Waals surface area contributed by atoms with E-state index in [1.54, 1.807) is 29.0 Å². The summed E-state index contributed by atoms with van der Waals surface area (Å²) in [6, 6.07) is 17.2. The molecule has 5 rings (SSSR count). The van der Waals surface area contributed by atoms with E-state index >= 15 is 0 Å². The summed E-state index contributed by atoms with van der Waals surface area (Å²) in [5.74, 6) is 0.538. The van der Waals surface area contributed by atoms with Crippen LogP contribution in [0.4, 0.5) is 0 Å². The van der Waals surface area contributed by atoms with Crippen LogP contribution in [0.25, 0.3) is 33.6 Å². The van der Waals surface area contributed by atoms with Crippen LogP contribution in [0.3, 0.4) is 0 Å². The van der Waals surface area contributed by atoms with Gasteiger partial charge in [0.15, 0.2) is 11.2 Å². The normalized spacial score (nSPS) is 11.3. The van der Waals surface area contributed by atoms with Crippen molar-refractivity contribution < 1.29 is 0 Å². The molecule has 1 aromatic carbocycles. The minimum atomic E-state index is -0.277. The van der Waals surface area contributed by atoms with E-state index in [4.69, 9.17) is 5.10 Å². The average molecular weight is 368 g/mol. The molecule has 0 unspecified atom stereocenters. The molecular formula is C21H16N6O. The molecule has 136 valence electrons. The van der Waals surface area contributed by atoms with Crippen molar-refractivity contribution in [1.29, 1.82) is 0 Å². The van der Waals surface area contributed by atoms with E-state index < -0.39 is 0 Å². The number of hydrogen-bond acceptors (Lipinski definition) is 5. The molecule has 5 aromatic rings. The van der Waals surface area contributed by atoms with Gasteiger partial charge in [-0.2, -0.15) is 5.10 Å². The first-order valence-electron chi connectivity index (χ1n) is 9.04. The van der Waals surface area contributed by atoms with E-state index in [0.717, 1.165) is 23.2 Å². The predicted octanol–water partition coefficient (Wildman–Crippen LogP) is 3.05. The Morgan fingerprint density at radius 3 is 2.54 bits per heavy atom. The molecule has 0 fully saturated rings. The van der Waals surface area contributed by atoms with Gasteiger partial charge in [-0.25, -0.2) is 9.50 Å². The summed E-state index contributed by atoms with van der Waals surface area (Å²) in [7, 11) is 0. The van der Waals surface area contributed by atoms with Crippen LogP contribution in [0, 0.1) is 0 Å². The molecule has 4 aromatic heterocycles. The van der Waals surface area contributed by atoms with Gasteiger partial charge in [-0.3, -0.25) is 9.36 Å². The SMILES string of the molecule is CCc1nn2c(nnc3c(=O)n(-c4ccccn4)ccc32)c1-c1ccccc1. The molecule has 0 aliphatic rings. The summed E-state index contributed by atoms with van der Waals surface area (Å²) in [4.78, 5) is 17.2. The highest BCUT2D eigenvalue weighted by atomic mass is 16.1. The molecular weight excluding hydrogens is 352 g/mol. The van der Waals surface area contributed by atoms with Crippen LogP contribution < -0.4 is 5.56 Å². The molecule has 28 heavy (non-hydrogen) atoms. The zero-order chi connectivity index (χ0) is 19.1. The monoisotopic (exact) mass is 368 g/mol. The second kappa shape index (κ2) is 6.38. The van der Waals surface area contributed by atoms with Gasteiger partial charge < -0.3 is 0 Å². The van der Waals surface area contributed by atoms with Crippen LogP contribution >= 0.6 is 0 Å². The van der Waals surface area contributed by atoms with Crippen molar-refractivity contribution in [2.75, 3.05) is 0 Å². The summed E-state index contributed by atoms with van der Waals surface area (Å²) >= 11 is 0. The molecule has 0 aliphatic carbocycles. The van der Waals surface area contributed by atoms with E-state index in [1.165, 1.54) is 4.57 Å². The number of fused-ring (bicyclic) bond motifs is 3. The molecule has 0 N–H and O–H groups in total. The summed E-state index contributed by atoms with van der Waals surface area (Å²) in [5.41, 5.74) is 4.15. The van der Waals surface area contributed by atoms with Crippen molar-refractivity contribution >= 4 is 16.7 Å². The molecule has 7 heteroatoms. The Hall–Kier alpha value is -3.87. The maximum absolute atomic E-state index is 13.0. The molecule has 0 saturated carbocycles. The lowest BCUT2D eigenvalue weighted by molar-refractivity contribution is 0.881. The van der Waals surface area contributed by atoms with Crippen LogP contribution in [0.15, 0.2) is 71.8 Å². The van der Waals surface area contributed by atoms with Crippen molar-refractivity contribution in [3.63, 3.8) is 0 Å². The third kappa shape index (κ3) is 2.40. The largest absolute Gasteiger partial charge is 0.286 e. The molecule has 0 atom stereocenters. The van der Waals surface area contributed by atoms with E-state index in [9.17, 15) is 4.79 Å². The van der Waals surface area contributed by atoms with Gasteiger partial charge in [0.25, 0.3) is 5.56 Å². The average Bonchev–Trinajstić information content (AvgIpc) is 3.14. The fraction of sp³-hybridized carbons (Fsp3) is 0.0952. The third-order valence-electron chi connectivity index (χ3n) is 4.75. The molecule has 0 bridgehead atoms. The van der Waals surface area contributed by atoms with Gasteiger partial charge in [0.05, 0.1) is 11.3 Å². The molecule has 7 nitrogen and oxygen atoms in total. The first-order chi connectivity index (χ1) is 13.8. The van der Waals surface area contributed by atoms with E-state index in [-0.39, 0.29) is 11.1 Å². The van der Waals surface area contributed by atoms with Crippen molar-refractivity contribution in [1.82, 2.24) is 29.4 Å². The lowest BCUT2D eigenvalue weighted by Crippen LogP contribution is -2.20. The van der Waals surface area contributed by atoms with Crippen molar-refractivity contribution in [2.45, 2.75) is 13.3 Å². The number of benzene rings is 1. The number of aromatic nitrogens is 6. The fourth-order valence-corrected chi connectivity index (χ4v) is 3.42. The Morgan fingerprint density at radius 2 is 1.79 bits per heavy atom. The standard InChI is InChI=1S/C21H16N6O/c1-2-15-18(14-8-4-3-5-9-14)20-24-23-19-16(27(20)25-15)11-13-26(21(19)28)17-10-6-7-12-22-17/h3-13H,2H2,1H3. The number of nitrogens with zero attached hydrogens (tertiary/aromatic N) is 6. The topological polar surface area (TPSA) is 78.0 Å². The van der Waals surface area contributed by atoms with Crippen molar-refractivity contribution in [2.24, 2.45) is 0 Å². The van der Waals surface area contributed by atoms with Gasteiger partial charge in [0, 0.05) is 12.4 Å². The van der Waals surface area contributed by atoms with E-state index in [2.05, 4.69) is 22.1 Å². The zero-order valence-corrected chi connectivity index (χ0v) is 15.1. The van der Waals surface area contributed by atoms with Crippen LogP contribution in [-0.2, 0) is 6.42 Å². The second-order valence-corrected chi connectivity index (χ2v) is 6.39. The molecule has 0 aliphatic heterocycles. The molecule has 0 amide bonds. The quantitative estimate of drug-likeness (QED) is 0.489. The maximum Gasteiger partial charge on any atom is 0.286 e. The Balaban J connectivity index is 1.81. The summed E-state index contributed by atoms with van der Waals surface area (Å²) in [6.45, 7) is 2.05. The molecule has 0 radical (unpaired) electrons. The van der Waals surface area contributed by atoms with Crippen LogP contribution in [0.1, 0.15) is 12.6 Å². The Labute approximate surface area is 159 Å². The Bertz CT molecular complexity index is 1360. The number of pyridine rings is 2. The van der Waals surface area contributed by atoms with Gasteiger partial charge in [-0.1, -0.05) is 43.3 Å². The van der Waals surface area contributed by atoms with Gasteiger partial charge in [0.2, 0.25) is 0 Å². The lowest BCUT2D eigenvalue weighted by atomic mass is 10.0. The zero-order valence-electron chi connectivity index (χ0n) is 15.1. The highest BCUT2D eigenvalue weighted by Crippen LogP contribution is 2.28. The highest BCUT2D eigenvalue weighted by molar-refractivity contribution is 5.84. The maximum atomic E-state index is 13.0. The third-order valence-corrected chi connectivity index (χ3v) is 4.75. The molecule has 4 heterocycles. The smallest absolute Gasteiger partial charge is 0.266 e. The number of hydrogen-bond donors (Lipinski definition) is 0. The predicted molar refractivity (Wildman–Crippen MR) is 106 cm³/mol. The van der Waals surface area contributed by atoms with Gasteiger partial charge in [-0.15, -0.1) is 10.2 Å². The van der Waals surface area contributed by atoms with Crippen LogP contribution in [0.5, 0.6) is 0 Å². The Morgan fingerprint density at radius 1 is 0.964 bits per heavy atom. The summed E-state index contributed by atoms with van der Waals surface area (Å²) in [6.07, 6.45) is 4.09. The Kier molecular flexibility index (Phi) is 3.72. The van der Waals surface area contributed by atoms with Crippen molar-refractivity contribution in [3.05, 3.63) is 83.0 Å². The fourth-order valence-electron chi connectivity index (χ4n) is 3.42. The molecule has 0 saturated heterocycles. The van der Waals surface area contributed by atoms with Gasteiger partial charge in [0.1, 0.15) is 11.3 Å². The number of rotatable bonds is 3. The van der Waals surface area contributed by atoms with E-state index in [1.807, 2.05) is 42.5 Å². The summed E-state index contributed by atoms with van der Waals surface area (Å²) < 4.78 is 3.18. The minimum Gasteiger partial charge on any atom is -0.266 e. The lowest BCUT2D eigenvalue weighted by Gasteiger charge is -2.06. The van der Waals surface area contributed by atoms with Crippen molar-refractivity contribution in [3.8, 4) is 16.9 Å². The molecule has 0 spiro atoms. The second-order valence-electron chi connectivity index (χ2n) is 6.39. The first-order valence-corrected chi connectivity index (χ1v) is 9.04. The van der Waals surface area contributed by atoms with Crippen LogP contribution in [0.2, 0.25) is 0 Å². The minimum absolute atomic E-state index is 0.255. The van der Waals surface area contributed by atoms with Crippen LogP contribution in [-0.4, -0.2) is 29.4 Å². The van der Waals surface area contributed by atoms with Gasteiger partial charge >= 0.3 is 0 Å². The highest BCUT2D eigenvalue weighted by Gasteiger charge is 2.18.